The average molecular weight is 667 g/mol. The molecular formula is C37H51FN4O6. The predicted octanol–water partition coefficient (Wildman–Crippen LogP) is 6.91. The molecule has 11 heteroatoms. The number of alkyl halides is 1. The van der Waals surface area contributed by atoms with Gasteiger partial charge in [0, 0.05) is 23.5 Å². The van der Waals surface area contributed by atoms with E-state index >= 15 is 0 Å². The topological polar surface area (TPSA) is 119 Å². The second kappa shape index (κ2) is 13.3. The number of carbonyl (C=O) groups is 4. The zero-order valence-corrected chi connectivity index (χ0v) is 29.0. The van der Waals surface area contributed by atoms with Gasteiger partial charge in [-0.3, -0.25) is 14.2 Å². The van der Waals surface area contributed by atoms with E-state index < -0.39 is 36.2 Å². The van der Waals surface area contributed by atoms with Gasteiger partial charge in [-0.15, -0.1) is 0 Å². The molecule has 0 bridgehead atoms. The van der Waals surface area contributed by atoms with E-state index in [1.165, 1.54) is 6.42 Å². The van der Waals surface area contributed by atoms with E-state index in [0.29, 0.717) is 49.5 Å². The SMILES string of the molecule is CC(C)(C)OC(=O)N[C@H](CF)[C@H]1CC[C@H](C(=O)N2CC[C@@H](C3CCCCC3)[C@H]2C(=O)Nc2ccc3c(c2)cc2n3C(C)(C)OC2=O)CC1. The fourth-order valence-corrected chi connectivity index (χ4v) is 8.76. The zero-order chi connectivity index (χ0) is 34.4. The first kappa shape index (κ1) is 34.2. The summed E-state index contributed by atoms with van der Waals surface area (Å²) in [4.78, 5) is 55.0. The van der Waals surface area contributed by atoms with Crippen molar-refractivity contribution in [3.8, 4) is 0 Å². The Morgan fingerprint density at radius 2 is 1.73 bits per heavy atom. The largest absolute Gasteiger partial charge is 0.444 e. The van der Waals surface area contributed by atoms with Gasteiger partial charge in [-0.2, -0.15) is 0 Å². The maximum absolute atomic E-state index is 14.2. The van der Waals surface area contributed by atoms with Gasteiger partial charge in [-0.1, -0.05) is 32.1 Å². The Morgan fingerprint density at radius 3 is 2.40 bits per heavy atom. The van der Waals surface area contributed by atoms with Crippen LogP contribution in [0.25, 0.3) is 10.9 Å². The van der Waals surface area contributed by atoms with E-state index in [4.69, 9.17) is 9.47 Å². The number of carbonyl (C=O) groups excluding carboxylic acids is 4. The van der Waals surface area contributed by atoms with Crippen LogP contribution in [0.1, 0.15) is 109 Å². The average Bonchev–Trinajstić information content (AvgIpc) is 3.71. The highest BCUT2D eigenvalue weighted by atomic mass is 19.1. The summed E-state index contributed by atoms with van der Waals surface area (Å²) in [5.41, 5.74) is 0.489. The number of benzene rings is 1. The lowest BCUT2D eigenvalue weighted by atomic mass is 9.76. The van der Waals surface area contributed by atoms with Crippen molar-refractivity contribution in [2.45, 2.75) is 122 Å². The standard InChI is InChI=1S/C37H51FN4O6/c1-36(2,3)48-35(46)40-28(21-38)23-11-13-24(14-12-23)33(44)41-18-17-27(22-9-7-6-8-10-22)31(41)32(43)39-26-15-16-29-25(19-26)20-30-34(45)47-37(4,5)42(29)30/h15-16,19-20,22-24,27-28,31H,6-14,17-18,21H2,1-5H3,(H,39,43)(H,40,46)/t23-,24-,27-,28+,31-/m0/s1. The fraction of sp³-hybridized carbons (Fsp3) is 0.676. The van der Waals surface area contributed by atoms with Crippen LogP contribution in [0.4, 0.5) is 14.9 Å². The number of esters is 1. The number of hydrogen-bond acceptors (Lipinski definition) is 6. The Kier molecular flexibility index (Phi) is 9.52. The van der Waals surface area contributed by atoms with Gasteiger partial charge in [0.1, 0.15) is 24.0 Å². The third-order valence-electron chi connectivity index (χ3n) is 11.0. The van der Waals surface area contributed by atoms with Crippen LogP contribution in [-0.4, -0.2) is 64.2 Å². The Bertz CT molecular complexity index is 1550. The van der Waals surface area contributed by atoms with Crippen molar-refractivity contribution in [2.75, 3.05) is 18.5 Å². The van der Waals surface area contributed by atoms with Gasteiger partial charge in [0.2, 0.25) is 11.8 Å². The molecule has 1 aromatic carbocycles. The number of halogens is 1. The third kappa shape index (κ3) is 6.92. The van der Waals surface area contributed by atoms with Crippen molar-refractivity contribution in [2.24, 2.45) is 23.7 Å². The summed E-state index contributed by atoms with van der Waals surface area (Å²) in [7, 11) is 0. The van der Waals surface area contributed by atoms with Gasteiger partial charge in [-0.05, 0) is 109 Å². The fourth-order valence-electron chi connectivity index (χ4n) is 8.76. The number of aromatic nitrogens is 1. The minimum Gasteiger partial charge on any atom is -0.444 e. The number of anilines is 1. The summed E-state index contributed by atoms with van der Waals surface area (Å²) in [5.74, 6) is -0.372. The van der Waals surface area contributed by atoms with Crippen LogP contribution in [0.5, 0.6) is 0 Å². The lowest BCUT2D eigenvalue weighted by Gasteiger charge is -2.37. The molecule has 1 saturated heterocycles. The molecule has 2 aromatic rings. The number of alkyl carbamates (subject to hydrolysis) is 1. The van der Waals surface area contributed by atoms with Crippen LogP contribution in [0.15, 0.2) is 24.3 Å². The van der Waals surface area contributed by atoms with E-state index in [2.05, 4.69) is 10.6 Å². The second-order valence-electron chi connectivity index (χ2n) is 15.8. The number of ether oxygens (including phenoxy) is 2. The minimum atomic E-state index is -0.794. The lowest BCUT2D eigenvalue weighted by Crippen LogP contribution is -2.50. The Labute approximate surface area is 282 Å². The van der Waals surface area contributed by atoms with Crippen molar-refractivity contribution >= 4 is 40.5 Å². The van der Waals surface area contributed by atoms with Crippen LogP contribution < -0.4 is 10.6 Å². The first-order valence-electron chi connectivity index (χ1n) is 17.8. The Balaban J connectivity index is 1.16. The van der Waals surface area contributed by atoms with Crippen LogP contribution in [0.2, 0.25) is 0 Å². The zero-order valence-electron chi connectivity index (χ0n) is 29.0. The second-order valence-corrected chi connectivity index (χ2v) is 15.8. The highest BCUT2D eigenvalue weighted by Gasteiger charge is 2.47. The van der Waals surface area contributed by atoms with Crippen molar-refractivity contribution < 1.29 is 33.0 Å². The van der Waals surface area contributed by atoms with Gasteiger partial charge in [0.25, 0.3) is 0 Å². The summed E-state index contributed by atoms with van der Waals surface area (Å²) < 4.78 is 26.8. The minimum absolute atomic E-state index is 0.00358. The maximum Gasteiger partial charge on any atom is 0.407 e. The molecule has 2 N–H and O–H groups in total. The summed E-state index contributed by atoms with van der Waals surface area (Å²) in [6, 6.07) is 6.20. The molecule has 2 aliphatic heterocycles. The predicted molar refractivity (Wildman–Crippen MR) is 180 cm³/mol. The van der Waals surface area contributed by atoms with Crippen LogP contribution in [-0.2, 0) is 24.8 Å². The normalized spacial score (nSPS) is 26.5. The highest BCUT2D eigenvalue weighted by Crippen LogP contribution is 2.42. The molecule has 2 aliphatic carbocycles. The Morgan fingerprint density at radius 1 is 1.02 bits per heavy atom. The number of fused-ring (bicyclic) bond motifs is 3. The van der Waals surface area contributed by atoms with Gasteiger partial charge >= 0.3 is 12.1 Å². The quantitative estimate of drug-likeness (QED) is 0.310. The smallest absolute Gasteiger partial charge is 0.407 e. The molecule has 3 fully saturated rings. The van der Waals surface area contributed by atoms with Crippen LogP contribution in [0, 0.1) is 23.7 Å². The van der Waals surface area contributed by atoms with Crippen LogP contribution >= 0.6 is 0 Å². The van der Waals surface area contributed by atoms with Crippen molar-refractivity contribution in [1.82, 2.24) is 14.8 Å². The molecule has 4 aliphatic rings. The molecule has 6 rings (SSSR count). The van der Waals surface area contributed by atoms with Crippen molar-refractivity contribution in [1.29, 1.82) is 0 Å². The first-order chi connectivity index (χ1) is 22.8. The third-order valence-corrected chi connectivity index (χ3v) is 11.0. The van der Waals surface area contributed by atoms with E-state index in [9.17, 15) is 23.6 Å². The van der Waals surface area contributed by atoms with E-state index in [1.807, 2.05) is 41.5 Å². The number of nitrogens with one attached hydrogen (secondary N) is 2. The molecule has 0 unspecified atom stereocenters. The van der Waals surface area contributed by atoms with E-state index in [0.717, 1.165) is 43.0 Å². The molecule has 0 radical (unpaired) electrons. The van der Waals surface area contributed by atoms with Gasteiger partial charge in [-0.25, -0.2) is 14.0 Å². The lowest BCUT2D eigenvalue weighted by molar-refractivity contribution is -0.142. The number of hydrogen-bond donors (Lipinski definition) is 2. The summed E-state index contributed by atoms with van der Waals surface area (Å²) in [5, 5.41) is 6.67. The number of rotatable bonds is 7. The van der Waals surface area contributed by atoms with Crippen LogP contribution in [0.3, 0.4) is 0 Å². The maximum atomic E-state index is 14.2. The molecule has 3 amide bonds. The molecule has 3 heterocycles. The van der Waals surface area contributed by atoms with Gasteiger partial charge in [0.05, 0.1) is 11.6 Å². The molecule has 0 spiro atoms. The molecule has 10 nitrogen and oxygen atoms in total. The van der Waals surface area contributed by atoms with Crippen molar-refractivity contribution in [3.63, 3.8) is 0 Å². The monoisotopic (exact) mass is 666 g/mol. The number of amides is 3. The summed E-state index contributed by atoms with van der Waals surface area (Å²) in [6.07, 6.45) is 8.23. The first-order valence-corrected chi connectivity index (χ1v) is 17.8. The van der Waals surface area contributed by atoms with Gasteiger partial charge < -0.3 is 25.0 Å². The van der Waals surface area contributed by atoms with E-state index in [1.54, 1.807) is 26.8 Å². The molecule has 262 valence electrons. The molecule has 2 saturated carbocycles. The molecule has 3 atom stereocenters. The number of nitrogens with zero attached hydrogens (tertiary/aromatic N) is 2. The molecule has 48 heavy (non-hydrogen) atoms. The van der Waals surface area contributed by atoms with E-state index in [-0.39, 0.29) is 35.5 Å². The summed E-state index contributed by atoms with van der Waals surface area (Å²) >= 11 is 0. The molecule has 1 aromatic heterocycles. The molecular weight excluding hydrogens is 615 g/mol. The number of cyclic esters (lactones) is 1. The Hall–Kier alpha value is -3.63. The summed E-state index contributed by atoms with van der Waals surface area (Å²) in [6.45, 7) is 8.85. The highest BCUT2D eigenvalue weighted by molar-refractivity contribution is 6.02. The van der Waals surface area contributed by atoms with Crippen molar-refractivity contribution in [3.05, 3.63) is 30.0 Å². The van der Waals surface area contributed by atoms with Gasteiger partial charge in [0.15, 0.2) is 5.72 Å². The number of likely N-dealkylation sites (tertiary alicyclic amines) is 1.